The maximum absolute atomic E-state index is 12.0. The first-order valence-electron chi connectivity index (χ1n) is 8.82. The van der Waals surface area contributed by atoms with Gasteiger partial charge in [-0.05, 0) is 48.9 Å². The van der Waals surface area contributed by atoms with Crippen LogP contribution in [-0.2, 0) is 6.42 Å². The molecule has 0 saturated carbocycles. The van der Waals surface area contributed by atoms with Gasteiger partial charge in [0.25, 0.3) is 0 Å². The van der Waals surface area contributed by atoms with Crippen molar-refractivity contribution in [2.24, 2.45) is 0 Å². The van der Waals surface area contributed by atoms with Crippen LogP contribution in [0.5, 0.6) is 5.75 Å². The lowest BCUT2D eigenvalue weighted by Crippen LogP contribution is -2.44. The molecule has 0 aliphatic carbocycles. The van der Waals surface area contributed by atoms with E-state index in [1.54, 1.807) is 0 Å². The Morgan fingerprint density at radius 3 is 2.44 bits per heavy atom. The van der Waals surface area contributed by atoms with Gasteiger partial charge in [-0.1, -0.05) is 56.3 Å². The first kappa shape index (κ1) is 18.8. The normalized spacial score (nSPS) is 11.9. The van der Waals surface area contributed by atoms with Gasteiger partial charge in [0.2, 0.25) is 0 Å². The van der Waals surface area contributed by atoms with Crippen LogP contribution >= 0.6 is 0 Å². The Morgan fingerprint density at radius 2 is 1.72 bits per heavy atom. The molecule has 0 heterocycles. The second kappa shape index (κ2) is 9.11. The average molecular weight is 340 g/mol. The largest absolute Gasteiger partial charge is 0.471 e. The van der Waals surface area contributed by atoms with Crippen molar-refractivity contribution in [2.45, 2.75) is 46.3 Å². The van der Waals surface area contributed by atoms with Crippen LogP contribution in [-0.4, -0.2) is 18.8 Å². The summed E-state index contributed by atoms with van der Waals surface area (Å²) in [5, 5.41) is 5.71. The molecule has 0 saturated heterocycles. The van der Waals surface area contributed by atoms with E-state index < -0.39 is 6.23 Å². The number of carbonyl (C=O) groups excluding carboxylic acids is 1. The Morgan fingerprint density at radius 1 is 1.04 bits per heavy atom. The van der Waals surface area contributed by atoms with Crippen molar-refractivity contribution < 1.29 is 9.53 Å². The third-order valence-electron chi connectivity index (χ3n) is 4.12. The molecule has 1 atom stereocenters. The van der Waals surface area contributed by atoms with Gasteiger partial charge in [0.05, 0.1) is 0 Å². The number of urea groups is 1. The summed E-state index contributed by atoms with van der Waals surface area (Å²) in [6.07, 6.45) is 0.407. The number of aryl methyl sites for hydroxylation is 1. The monoisotopic (exact) mass is 340 g/mol. The van der Waals surface area contributed by atoms with Crippen molar-refractivity contribution in [3.63, 3.8) is 0 Å². The first-order chi connectivity index (χ1) is 12.0. The number of benzene rings is 2. The van der Waals surface area contributed by atoms with E-state index in [1.165, 1.54) is 11.1 Å². The van der Waals surface area contributed by atoms with E-state index >= 15 is 0 Å². The van der Waals surface area contributed by atoms with Crippen molar-refractivity contribution in [2.75, 3.05) is 6.54 Å². The topological polar surface area (TPSA) is 50.4 Å². The molecule has 25 heavy (non-hydrogen) atoms. The minimum atomic E-state index is -0.404. The maximum Gasteiger partial charge on any atom is 0.317 e. The van der Waals surface area contributed by atoms with Gasteiger partial charge in [0, 0.05) is 6.54 Å². The zero-order chi connectivity index (χ0) is 18.2. The van der Waals surface area contributed by atoms with Crippen molar-refractivity contribution in [3.05, 3.63) is 65.2 Å². The molecule has 1 unspecified atom stereocenters. The lowest BCUT2D eigenvalue weighted by molar-refractivity contribution is 0.175. The second-order valence-corrected chi connectivity index (χ2v) is 6.53. The third-order valence-corrected chi connectivity index (χ3v) is 4.12. The van der Waals surface area contributed by atoms with Crippen LogP contribution in [0.4, 0.5) is 4.79 Å². The molecule has 2 rings (SSSR count). The average Bonchev–Trinajstić information content (AvgIpc) is 2.56. The molecule has 2 amide bonds. The van der Waals surface area contributed by atoms with Gasteiger partial charge in [-0.3, -0.25) is 0 Å². The molecule has 4 heteroatoms. The predicted molar refractivity (Wildman–Crippen MR) is 102 cm³/mol. The standard InChI is InChI=1S/C21H28N2O2/c1-15(2)19-11-7-8-12-20(19)25-17(4)23-21(24)22-14-13-18-10-6-5-9-16(18)3/h5-12,15,17H,13-14H2,1-4H3,(H2,22,23,24). The SMILES string of the molecule is Cc1ccccc1CCNC(=O)NC(C)Oc1ccccc1C(C)C. The number of ether oxygens (including phenoxy) is 1. The summed E-state index contributed by atoms with van der Waals surface area (Å²) >= 11 is 0. The van der Waals surface area contributed by atoms with Gasteiger partial charge >= 0.3 is 6.03 Å². The molecule has 0 fully saturated rings. The Kier molecular flexibility index (Phi) is 6.87. The Labute approximate surface area is 150 Å². The quantitative estimate of drug-likeness (QED) is 0.735. The lowest BCUT2D eigenvalue weighted by Gasteiger charge is -2.20. The van der Waals surface area contributed by atoms with Crippen LogP contribution in [0.1, 0.15) is 43.4 Å². The summed E-state index contributed by atoms with van der Waals surface area (Å²) in [6, 6.07) is 15.9. The van der Waals surface area contributed by atoms with Crippen molar-refractivity contribution in [3.8, 4) is 5.75 Å². The summed E-state index contributed by atoms with van der Waals surface area (Å²) in [4.78, 5) is 12.0. The number of para-hydroxylation sites is 1. The van der Waals surface area contributed by atoms with Crippen LogP contribution < -0.4 is 15.4 Å². The molecular formula is C21H28N2O2. The summed E-state index contributed by atoms with van der Waals surface area (Å²) in [6.45, 7) is 8.75. The van der Waals surface area contributed by atoms with Crippen molar-refractivity contribution in [1.82, 2.24) is 10.6 Å². The fraction of sp³-hybridized carbons (Fsp3) is 0.381. The van der Waals surface area contributed by atoms with Crippen LogP contribution in [0.3, 0.4) is 0 Å². The van der Waals surface area contributed by atoms with Crippen LogP contribution in [0.25, 0.3) is 0 Å². The zero-order valence-corrected chi connectivity index (χ0v) is 15.5. The first-order valence-corrected chi connectivity index (χ1v) is 8.82. The number of hydrogen-bond donors (Lipinski definition) is 2. The lowest BCUT2D eigenvalue weighted by atomic mass is 10.0. The van der Waals surface area contributed by atoms with Gasteiger partial charge in [0.15, 0.2) is 6.23 Å². The van der Waals surface area contributed by atoms with Gasteiger partial charge in [-0.15, -0.1) is 0 Å². The van der Waals surface area contributed by atoms with E-state index in [-0.39, 0.29) is 6.03 Å². The summed E-state index contributed by atoms with van der Waals surface area (Å²) in [5.41, 5.74) is 3.63. The molecule has 0 radical (unpaired) electrons. The van der Waals surface area contributed by atoms with Crippen molar-refractivity contribution >= 4 is 6.03 Å². The Balaban J connectivity index is 1.80. The summed E-state index contributed by atoms with van der Waals surface area (Å²) in [5.74, 6) is 1.18. The minimum absolute atomic E-state index is 0.219. The summed E-state index contributed by atoms with van der Waals surface area (Å²) < 4.78 is 5.89. The zero-order valence-electron chi connectivity index (χ0n) is 15.5. The van der Waals surface area contributed by atoms with Crippen LogP contribution in [0.15, 0.2) is 48.5 Å². The Bertz CT molecular complexity index is 698. The van der Waals surface area contributed by atoms with E-state index in [9.17, 15) is 4.79 Å². The van der Waals surface area contributed by atoms with E-state index in [0.717, 1.165) is 17.7 Å². The van der Waals surface area contributed by atoms with E-state index in [4.69, 9.17) is 4.74 Å². The number of nitrogens with one attached hydrogen (secondary N) is 2. The van der Waals surface area contributed by atoms with Gasteiger partial charge in [-0.2, -0.15) is 0 Å². The van der Waals surface area contributed by atoms with Crippen LogP contribution in [0, 0.1) is 6.92 Å². The van der Waals surface area contributed by atoms with Gasteiger partial charge in [-0.25, -0.2) is 4.79 Å². The molecule has 0 aromatic heterocycles. The number of amides is 2. The highest BCUT2D eigenvalue weighted by atomic mass is 16.5. The predicted octanol–water partition coefficient (Wildman–Crippen LogP) is 4.39. The molecule has 0 bridgehead atoms. The maximum atomic E-state index is 12.0. The third kappa shape index (κ3) is 5.82. The Hall–Kier alpha value is -2.49. The second-order valence-electron chi connectivity index (χ2n) is 6.53. The molecule has 0 spiro atoms. The van der Waals surface area contributed by atoms with E-state index in [1.807, 2.05) is 37.3 Å². The molecule has 4 nitrogen and oxygen atoms in total. The van der Waals surface area contributed by atoms with Crippen LogP contribution in [0.2, 0.25) is 0 Å². The number of carbonyl (C=O) groups is 1. The molecule has 2 aromatic rings. The molecule has 2 N–H and O–H groups in total. The molecule has 2 aromatic carbocycles. The minimum Gasteiger partial charge on any atom is -0.471 e. The van der Waals surface area contributed by atoms with Gasteiger partial charge < -0.3 is 15.4 Å². The van der Waals surface area contributed by atoms with Crippen molar-refractivity contribution in [1.29, 1.82) is 0 Å². The molecule has 0 aliphatic heterocycles. The highest BCUT2D eigenvalue weighted by molar-refractivity contribution is 5.74. The van der Waals surface area contributed by atoms with Gasteiger partial charge in [0.1, 0.15) is 5.75 Å². The fourth-order valence-corrected chi connectivity index (χ4v) is 2.72. The highest BCUT2D eigenvalue weighted by Gasteiger charge is 2.12. The highest BCUT2D eigenvalue weighted by Crippen LogP contribution is 2.26. The van der Waals surface area contributed by atoms with E-state index in [0.29, 0.717) is 12.5 Å². The molecule has 0 aliphatic rings. The smallest absolute Gasteiger partial charge is 0.317 e. The fourth-order valence-electron chi connectivity index (χ4n) is 2.72. The molecular weight excluding hydrogens is 312 g/mol. The number of rotatable bonds is 7. The van der Waals surface area contributed by atoms with E-state index in [2.05, 4.69) is 49.6 Å². The molecule has 134 valence electrons. The number of hydrogen-bond acceptors (Lipinski definition) is 2. The summed E-state index contributed by atoms with van der Waals surface area (Å²) in [7, 11) is 0.